The number of likely N-dealkylation sites (N-methyl/N-ethyl adjacent to an activating group) is 1. The van der Waals surface area contributed by atoms with Gasteiger partial charge in [-0.2, -0.15) is 4.31 Å². The third-order valence-electron chi connectivity index (χ3n) is 6.74. The second-order valence-corrected chi connectivity index (χ2v) is 10.8. The number of rotatable bonds is 6. The van der Waals surface area contributed by atoms with E-state index in [1.165, 1.54) is 55.7 Å². The van der Waals surface area contributed by atoms with Gasteiger partial charge in [0.15, 0.2) is 0 Å². The van der Waals surface area contributed by atoms with E-state index in [0.29, 0.717) is 18.4 Å². The van der Waals surface area contributed by atoms with Crippen LogP contribution in [-0.4, -0.2) is 69.1 Å². The lowest BCUT2D eigenvalue weighted by atomic mass is 9.94. The minimum Gasteiger partial charge on any atom is -0.311 e. The monoisotopic (exact) mass is 405 g/mol. The van der Waals surface area contributed by atoms with Gasteiger partial charge in [-0.25, -0.2) is 8.42 Å². The molecule has 2 aliphatic heterocycles. The number of carbonyl (C=O) groups is 1. The molecule has 1 saturated carbocycles. The molecule has 4 rings (SSSR count). The SMILES string of the molecule is CN(C1CCCN(c2ccc(C3(CN4CCCC4)CC3)cc2)C1=O)S(C)(=O)=O. The van der Waals surface area contributed by atoms with Crippen LogP contribution in [0.2, 0.25) is 0 Å². The van der Waals surface area contributed by atoms with E-state index >= 15 is 0 Å². The van der Waals surface area contributed by atoms with Gasteiger partial charge in [-0.05, 0) is 69.3 Å². The van der Waals surface area contributed by atoms with Crippen molar-refractivity contribution in [2.75, 3.05) is 44.4 Å². The van der Waals surface area contributed by atoms with Crippen LogP contribution in [0.25, 0.3) is 0 Å². The Hall–Kier alpha value is -1.44. The highest BCUT2D eigenvalue weighted by molar-refractivity contribution is 7.88. The average Bonchev–Trinajstić information content (AvgIpc) is 3.26. The lowest BCUT2D eigenvalue weighted by Crippen LogP contribution is -2.52. The first kappa shape index (κ1) is 19.9. The zero-order chi connectivity index (χ0) is 19.9. The summed E-state index contributed by atoms with van der Waals surface area (Å²) in [5.74, 6) is -0.120. The topological polar surface area (TPSA) is 60.9 Å². The molecular formula is C21H31N3O3S. The summed E-state index contributed by atoms with van der Waals surface area (Å²) < 4.78 is 25.0. The van der Waals surface area contributed by atoms with Crippen LogP contribution < -0.4 is 4.90 Å². The first-order valence-electron chi connectivity index (χ1n) is 10.4. The summed E-state index contributed by atoms with van der Waals surface area (Å²) in [4.78, 5) is 17.3. The first-order chi connectivity index (χ1) is 13.3. The summed E-state index contributed by atoms with van der Waals surface area (Å²) in [7, 11) is -1.89. The van der Waals surface area contributed by atoms with Crippen LogP contribution in [-0.2, 0) is 20.2 Å². The lowest BCUT2D eigenvalue weighted by Gasteiger charge is -2.36. The number of carbonyl (C=O) groups excluding carboxylic acids is 1. The molecule has 0 radical (unpaired) electrons. The van der Waals surface area contributed by atoms with E-state index in [1.807, 2.05) is 12.1 Å². The average molecular weight is 406 g/mol. The molecule has 1 aromatic carbocycles. The van der Waals surface area contributed by atoms with Crippen LogP contribution in [0, 0.1) is 0 Å². The molecule has 2 saturated heterocycles. The van der Waals surface area contributed by atoms with Crippen molar-refractivity contribution >= 4 is 21.6 Å². The standard InChI is InChI=1S/C21H31N3O3S/c1-22(28(2,26)27)19-6-5-15-24(20(19)25)18-9-7-17(8-10-18)21(11-12-21)16-23-13-3-4-14-23/h7-10,19H,3-6,11-16H2,1-2H3. The first-order valence-corrected chi connectivity index (χ1v) is 12.2. The second kappa shape index (κ2) is 7.43. The van der Waals surface area contributed by atoms with Crippen LogP contribution in [0.4, 0.5) is 5.69 Å². The number of hydrogen-bond acceptors (Lipinski definition) is 4. The highest BCUT2D eigenvalue weighted by Gasteiger charge is 2.45. The molecule has 0 spiro atoms. The molecule has 1 aromatic rings. The van der Waals surface area contributed by atoms with Crippen molar-refractivity contribution < 1.29 is 13.2 Å². The molecular weight excluding hydrogens is 374 g/mol. The fraction of sp³-hybridized carbons (Fsp3) is 0.667. The van der Waals surface area contributed by atoms with Gasteiger partial charge in [0.1, 0.15) is 6.04 Å². The number of benzene rings is 1. The van der Waals surface area contributed by atoms with Crippen LogP contribution in [0.15, 0.2) is 24.3 Å². The number of sulfonamides is 1. The molecule has 1 amide bonds. The van der Waals surface area contributed by atoms with Crippen molar-refractivity contribution in [2.24, 2.45) is 0 Å². The normalized spacial score (nSPS) is 25.5. The quantitative estimate of drug-likeness (QED) is 0.728. The second-order valence-electron chi connectivity index (χ2n) is 8.74. The molecule has 0 N–H and O–H groups in total. The number of hydrogen-bond donors (Lipinski definition) is 0. The Kier molecular flexibility index (Phi) is 5.27. The van der Waals surface area contributed by atoms with Crippen LogP contribution in [0.1, 0.15) is 44.1 Å². The lowest BCUT2D eigenvalue weighted by molar-refractivity contribution is -0.123. The molecule has 3 aliphatic rings. The van der Waals surface area contributed by atoms with E-state index in [9.17, 15) is 13.2 Å². The van der Waals surface area contributed by atoms with Gasteiger partial charge in [0.2, 0.25) is 15.9 Å². The minimum atomic E-state index is -3.39. The Morgan fingerprint density at radius 3 is 2.29 bits per heavy atom. The predicted molar refractivity (Wildman–Crippen MR) is 111 cm³/mol. The van der Waals surface area contributed by atoms with Gasteiger partial charge in [0.05, 0.1) is 6.26 Å². The Labute approximate surface area is 168 Å². The molecule has 0 aromatic heterocycles. The Bertz CT molecular complexity index is 827. The summed E-state index contributed by atoms with van der Waals surface area (Å²) in [5.41, 5.74) is 2.54. The number of likely N-dealkylation sites (tertiary alicyclic amines) is 1. The van der Waals surface area contributed by atoms with Crippen molar-refractivity contribution in [2.45, 2.75) is 50.0 Å². The van der Waals surface area contributed by atoms with Crippen LogP contribution in [0.5, 0.6) is 0 Å². The molecule has 1 unspecified atom stereocenters. The maximum Gasteiger partial charge on any atom is 0.245 e. The summed E-state index contributed by atoms with van der Waals surface area (Å²) in [6, 6.07) is 7.83. The van der Waals surface area contributed by atoms with E-state index < -0.39 is 16.1 Å². The molecule has 3 fully saturated rings. The third-order valence-corrected chi connectivity index (χ3v) is 8.04. The van der Waals surface area contributed by atoms with Gasteiger partial charge < -0.3 is 9.80 Å². The number of anilines is 1. The van der Waals surface area contributed by atoms with Gasteiger partial charge in [-0.3, -0.25) is 4.79 Å². The Morgan fingerprint density at radius 1 is 1.07 bits per heavy atom. The minimum absolute atomic E-state index is 0.120. The number of nitrogens with zero attached hydrogens (tertiary/aromatic N) is 3. The van der Waals surface area contributed by atoms with Crippen molar-refractivity contribution in [3.8, 4) is 0 Å². The van der Waals surface area contributed by atoms with Gasteiger partial charge in [0, 0.05) is 31.2 Å². The Balaban J connectivity index is 1.48. The number of piperidine rings is 1. The fourth-order valence-electron chi connectivity index (χ4n) is 4.73. The molecule has 7 heteroatoms. The van der Waals surface area contributed by atoms with E-state index in [4.69, 9.17) is 0 Å². The predicted octanol–water partition coefficient (Wildman–Crippen LogP) is 2.20. The highest BCUT2D eigenvalue weighted by Crippen LogP contribution is 2.49. The van der Waals surface area contributed by atoms with Crippen molar-refractivity contribution in [1.29, 1.82) is 0 Å². The molecule has 154 valence electrons. The van der Waals surface area contributed by atoms with Gasteiger partial charge in [0.25, 0.3) is 0 Å². The van der Waals surface area contributed by atoms with Crippen molar-refractivity contribution in [3.05, 3.63) is 29.8 Å². The molecule has 6 nitrogen and oxygen atoms in total. The Morgan fingerprint density at radius 2 is 1.71 bits per heavy atom. The van der Waals surface area contributed by atoms with Crippen LogP contribution >= 0.6 is 0 Å². The molecule has 1 aliphatic carbocycles. The van der Waals surface area contributed by atoms with Gasteiger partial charge in [-0.1, -0.05) is 12.1 Å². The third kappa shape index (κ3) is 3.84. The maximum absolute atomic E-state index is 13.0. The van der Waals surface area contributed by atoms with Gasteiger partial charge in [-0.15, -0.1) is 0 Å². The summed E-state index contributed by atoms with van der Waals surface area (Å²) in [6.45, 7) is 4.23. The zero-order valence-electron chi connectivity index (χ0n) is 16.9. The van der Waals surface area contributed by atoms with Gasteiger partial charge >= 0.3 is 0 Å². The maximum atomic E-state index is 13.0. The largest absolute Gasteiger partial charge is 0.311 e. The molecule has 2 heterocycles. The molecule has 1 atom stereocenters. The number of amides is 1. The van der Waals surface area contributed by atoms with E-state index in [-0.39, 0.29) is 5.91 Å². The van der Waals surface area contributed by atoms with E-state index in [0.717, 1.165) is 24.9 Å². The smallest absolute Gasteiger partial charge is 0.245 e. The van der Waals surface area contributed by atoms with Crippen molar-refractivity contribution in [1.82, 2.24) is 9.21 Å². The van der Waals surface area contributed by atoms with E-state index in [2.05, 4.69) is 17.0 Å². The molecule has 0 bridgehead atoms. The zero-order valence-corrected chi connectivity index (χ0v) is 17.7. The fourth-order valence-corrected chi connectivity index (χ4v) is 5.39. The summed E-state index contributed by atoms with van der Waals surface area (Å²) >= 11 is 0. The summed E-state index contributed by atoms with van der Waals surface area (Å²) in [6.07, 6.45) is 7.65. The summed E-state index contributed by atoms with van der Waals surface area (Å²) in [5, 5.41) is 0. The van der Waals surface area contributed by atoms with Crippen molar-refractivity contribution in [3.63, 3.8) is 0 Å². The van der Waals surface area contributed by atoms with Crippen LogP contribution in [0.3, 0.4) is 0 Å². The van der Waals surface area contributed by atoms with E-state index in [1.54, 1.807) is 4.90 Å². The highest BCUT2D eigenvalue weighted by atomic mass is 32.2. The molecule has 28 heavy (non-hydrogen) atoms.